The maximum Gasteiger partial charge on any atom is 0.0957 e. The van der Waals surface area contributed by atoms with Crippen LogP contribution in [-0.2, 0) is 12.8 Å². The summed E-state index contributed by atoms with van der Waals surface area (Å²) in [5.41, 5.74) is 8.80. The maximum atomic E-state index is 6.35. The number of hydrogen-bond acceptors (Lipinski definition) is 4. The van der Waals surface area contributed by atoms with Crippen LogP contribution in [-0.4, -0.2) is 4.98 Å². The minimum atomic E-state index is 0.0653. The standard InChI is InChI=1S/C15H16N2S2/c1-2-10-7-8-18-15(10)11(16)9-14-17-12-5-3-4-6-13(12)19-14/h3-8,11H,2,9,16H2,1H3. The molecule has 0 aliphatic heterocycles. The predicted molar refractivity (Wildman–Crippen MR) is 83.9 cm³/mol. The topological polar surface area (TPSA) is 38.9 Å². The predicted octanol–water partition coefficient (Wildman–Crippen LogP) is 4.16. The van der Waals surface area contributed by atoms with Gasteiger partial charge in [-0.25, -0.2) is 4.98 Å². The number of hydrogen-bond donors (Lipinski definition) is 1. The Balaban J connectivity index is 1.84. The van der Waals surface area contributed by atoms with Crippen LogP contribution in [0.5, 0.6) is 0 Å². The first-order chi connectivity index (χ1) is 9.28. The fourth-order valence-electron chi connectivity index (χ4n) is 2.25. The molecule has 1 atom stereocenters. The highest BCUT2D eigenvalue weighted by molar-refractivity contribution is 7.18. The van der Waals surface area contributed by atoms with Gasteiger partial charge in [-0.1, -0.05) is 19.1 Å². The number of aryl methyl sites for hydroxylation is 1. The Bertz CT molecular complexity index is 651. The van der Waals surface area contributed by atoms with Gasteiger partial charge >= 0.3 is 0 Å². The molecule has 4 heteroatoms. The van der Waals surface area contributed by atoms with Gasteiger partial charge < -0.3 is 5.73 Å². The minimum absolute atomic E-state index is 0.0653. The van der Waals surface area contributed by atoms with Crippen molar-refractivity contribution in [1.29, 1.82) is 0 Å². The number of aromatic nitrogens is 1. The molecule has 2 heterocycles. The summed E-state index contributed by atoms with van der Waals surface area (Å²) < 4.78 is 1.24. The van der Waals surface area contributed by atoms with Gasteiger partial charge in [-0.2, -0.15) is 0 Å². The number of thiophene rings is 1. The Kier molecular flexibility index (Phi) is 3.64. The molecule has 1 unspecified atom stereocenters. The molecule has 0 aliphatic rings. The van der Waals surface area contributed by atoms with Crippen molar-refractivity contribution >= 4 is 32.9 Å². The number of nitrogens with zero attached hydrogens (tertiary/aromatic N) is 1. The van der Waals surface area contributed by atoms with E-state index in [0.717, 1.165) is 23.4 Å². The molecule has 1 aromatic carbocycles. The monoisotopic (exact) mass is 288 g/mol. The van der Waals surface area contributed by atoms with E-state index in [1.807, 2.05) is 6.07 Å². The van der Waals surface area contributed by atoms with E-state index in [0.29, 0.717) is 0 Å². The van der Waals surface area contributed by atoms with Crippen LogP contribution in [0.4, 0.5) is 0 Å². The first kappa shape index (κ1) is 12.8. The molecule has 19 heavy (non-hydrogen) atoms. The Hall–Kier alpha value is -1.23. The highest BCUT2D eigenvalue weighted by Gasteiger charge is 2.14. The summed E-state index contributed by atoms with van der Waals surface area (Å²) in [4.78, 5) is 5.97. The lowest BCUT2D eigenvalue weighted by molar-refractivity contribution is 0.725. The van der Waals surface area contributed by atoms with E-state index in [2.05, 4.69) is 41.6 Å². The molecule has 0 spiro atoms. The average Bonchev–Trinajstić information content (AvgIpc) is 3.03. The van der Waals surface area contributed by atoms with E-state index in [1.165, 1.54) is 15.1 Å². The Morgan fingerprint density at radius 1 is 1.26 bits per heavy atom. The normalized spacial score (nSPS) is 12.9. The smallest absolute Gasteiger partial charge is 0.0957 e. The van der Waals surface area contributed by atoms with Crippen molar-refractivity contribution in [1.82, 2.24) is 4.98 Å². The molecule has 0 amide bonds. The van der Waals surface area contributed by atoms with Gasteiger partial charge in [-0.05, 0) is 35.6 Å². The second-order valence-corrected chi connectivity index (χ2v) is 6.61. The molecule has 98 valence electrons. The summed E-state index contributed by atoms with van der Waals surface area (Å²) in [6.07, 6.45) is 1.87. The van der Waals surface area contributed by atoms with Gasteiger partial charge in [0, 0.05) is 17.3 Å². The molecule has 0 fully saturated rings. The zero-order valence-electron chi connectivity index (χ0n) is 10.8. The minimum Gasteiger partial charge on any atom is -0.323 e. The van der Waals surface area contributed by atoms with Gasteiger partial charge in [0.25, 0.3) is 0 Å². The molecule has 0 saturated carbocycles. The van der Waals surface area contributed by atoms with Gasteiger partial charge in [0.1, 0.15) is 0 Å². The fraction of sp³-hybridized carbons (Fsp3) is 0.267. The molecule has 0 saturated heterocycles. The van der Waals surface area contributed by atoms with Crippen molar-refractivity contribution in [3.05, 3.63) is 51.2 Å². The molecule has 0 bridgehead atoms. The largest absolute Gasteiger partial charge is 0.323 e. The highest BCUT2D eigenvalue weighted by Crippen LogP contribution is 2.29. The Morgan fingerprint density at radius 3 is 2.89 bits per heavy atom. The van der Waals surface area contributed by atoms with Crippen molar-refractivity contribution in [3.8, 4) is 0 Å². The maximum absolute atomic E-state index is 6.35. The molecule has 0 aliphatic carbocycles. The van der Waals surface area contributed by atoms with Gasteiger partial charge in [-0.3, -0.25) is 0 Å². The lowest BCUT2D eigenvalue weighted by Gasteiger charge is -2.09. The summed E-state index contributed by atoms with van der Waals surface area (Å²) in [5, 5.41) is 3.26. The van der Waals surface area contributed by atoms with Gasteiger partial charge in [0.2, 0.25) is 0 Å². The van der Waals surface area contributed by atoms with Crippen LogP contribution < -0.4 is 5.73 Å². The van der Waals surface area contributed by atoms with E-state index in [1.54, 1.807) is 22.7 Å². The van der Waals surface area contributed by atoms with E-state index >= 15 is 0 Å². The third-order valence-corrected chi connectivity index (χ3v) is 5.38. The Labute approximate surface area is 120 Å². The quantitative estimate of drug-likeness (QED) is 0.783. The first-order valence-electron chi connectivity index (χ1n) is 6.44. The summed E-state index contributed by atoms with van der Waals surface area (Å²) in [6, 6.07) is 10.5. The highest BCUT2D eigenvalue weighted by atomic mass is 32.1. The zero-order valence-corrected chi connectivity index (χ0v) is 12.4. The van der Waals surface area contributed by atoms with Crippen LogP contribution in [0.15, 0.2) is 35.7 Å². The number of thiazole rings is 1. The average molecular weight is 288 g/mol. The van der Waals surface area contributed by atoms with Crippen molar-refractivity contribution in [2.24, 2.45) is 5.73 Å². The zero-order chi connectivity index (χ0) is 13.2. The molecular formula is C15H16N2S2. The van der Waals surface area contributed by atoms with E-state index in [-0.39, 0.29) is 6.04 Å². The van der Waals surface area contributed by atoms with E-state index in [4.69, 9.17) is 5.73 Å². The van der Waals surface area contributed by atoms with Crippen molar-refractivity contribution in [2.75, 3.05) is 0 Å². The van der Waals surface area contributed by atoms with Gasteiger partial charge in [0.05, 0.1) is 15.2 Å². The molecule has 2 N–H and O–H groups in total. The number of nitrogens with two attached hydrogens (primary N) is 1. The van der Waals surface area contributed by atoms with E-state index < -0.39 is 0 Å². The number of para-hydroxylation sites is 1. The number of rotatable bonds is 4. The van der Waals surface area contributed by atoms with Crippen molar-refractivity contribution in [2.45, 2.75) is 25.8 Å². The molecule has 3 rings (SSSR count). The van der Waals surface area contributed by atoms with Crippen LogP contribution >= 0.6 is 22.7 Å². The van der Waals surface area contributed by atoms with Gasteiger partial charge in [-0.15, -0.1) is 22.7 Å². The van der Waals surface area contributed by atoms with Crippen molar-refractivity contribution < 1.29 is 0 Å². The number of benzene rings is 1. The number of fused-ring (bicyclic) bond motifs is 1. The van der Waals surface area contributed by atoms with Crippen LogP contribution in [0.3, 0.4) is 0 Å². The second kappa shape index (κ2) is 5.41. The summed E-state index contributed by atoms with van der Waals surface area (Å²) in [7, 11) is 0. The molecule has 3 aromatic rings. The molecule has 2 nitrogen and oxygen atoms in total. The summed E-state index contributed by atoms with van der Waals surface area (Å²) in [6.45, 7) is 2.18. The van der Waals surface area contributed by atoms with Crippen LogP contribution in [0.1, 0.15) is 28.4 Å². The summed E-state index contributed by atoms with van der Waals surface area (Å²) >= 11 is 3.51. The third kappa shape index (κ3) is 2.56. The fourth-order valence-corrected chi connectivity index (χ4v) is 4.28. The van der Waals surface area contributed by atoms with Crippen molar-refractivity contribution in [3.63, 3.8) is 0 Å². The second-order valence-electron chi connectivity index (χ2n) is 4.55. The lowest BCUT2D eigenvalue weighted by atomic mass is 10.1. The van der Waals surface area contributed by atoms with E-state index in [9.17, 15) is 0 Å². The third-order valence-electron chi connectivity index (χ3n) is 3.23. The SMILES string of the molecule is CCc1ccsc1C(N)Cc1nc2ccccc2s1. The van der Waals surface area contributed by atoms with Crippen LogP contribution in [0.25, 0.3) is 10.2 Å². The lowest BCUT2D eigenvalue weighted by Crippen LogP contribution is -2.13. The Morgan fingerprint density at radius 2 is 2.11 bits per heavy atom. The van der Waals surface area contributed by atoms with Crippen LogP contribution in [0, 0.1) is 0 Å². The molecule has 0 radical (unpaired) electrons. The molecular weight excluding hydrogens is 272 g/mol. The van der Waals surface area contributed by atoms with Crippen LogP contribution in [0.2, 0.25) is 0 Å². The first-order valence-corrected chi connectivity index (χ1v) is 8.14. The van der Waals surface area contributed by atoms with Gasteiger partial charge in [0.15, 0.2) is 0 Å². The summed E-state index contributed by atoms with van der Waals surface area (Å²) in [5.74, 6) is 0. The molecule has 2 aromatic heterocycles.